The third-order valence-electron chi connectivity index (χ3n) is 3.80. The van der Waals surface area contributed by atoms with E-state index in [1.54, 1.807) is 0 Å². The van der Waals surface area contributed by atoms with Crippen molar-refractivity contribution in [2.24, 2.45) is 0 Å². The zero-order valence-corrected chi connectivity index (χ0v) is 13.8. The van der Waals surface area contributed by atoms with Crippen molar-refractivity contribution in [1.29, 1.82) is 0 Å². The molecule has 1 atom stereocenters. The molecule has 0 N–H and O–H groups in total. The Kier molecular flexibility index (Phi) is 5.02. The van der Waals surface area contributed by atoms with E-state index in [0.29, 0.717) is 5.75 Å². The number of hydrogen-bond acceptors (Lipinski definition) is 2. The van der Waals surface area contributed by atoms with E-state index < -0.39 is 0 Å². The van der Waals surface area contributed by atoms with Crippen LogP contribution in [0.2, 0.25) is 0 Å². The lowest BCUT2D eigenvalue weighted by Gasteiger charge is -2.23. The van der Waals surface area contributed by atoms with Crippen LogP contribution in [0.4, 0.5) is 0 Å². The Morgan fingerprint density at radius 1 is 1.00 bits per heavy atom. The predicted octanol–water partition coefficient (Wildman–Crippen LogP) is 5.08. The summed E-state index contributed by atoms with van der Waals surface area (Å²) in [5.41, 5.74) is 1.99. The van der Waals surface area contributed by atoms with Crippen LogP contribution in [0.25, 0.3) is 0 Å². The van der Waals surface area contributed by atoms with E-state index >= 15 is 0 Å². The molecule has 116 valence electrons. The van der Waals surface area contributed by atoms with Crippen LogP contribution in [0.5, 0.6) is 5.75 Å². The second kappa shape index (κ2) is 6.78. The molecule has 0 aromatic heterocycles. The predicted molar refractivity (Wildman–Crippen MR) is 90.3 cm³/mol. The van der Waals surface area contributed by atoms with Crippen molar-refractivity contribution in [3.63, 3.8) is 0 Å². The fourth-order valence-electron chi connectivity index (χ4n) is 2.58. The molecule has 0 unspecified atom stereocenters. The van der Waals surface area contributed by atoms with Gasteiger partial charge in [0.2, 0.25) is 0 Å². The summed E-state index contributed by atoms with van der Waals surface area (Å²) in [4.78, 5) is 12.6. The minimum absolute atomic E-state index is 0.0642. The molecule has 2 aromatic carbocycles. The summed E-state index contributed by atoms with van der Waals surface area (Å²) in [6.07, 6.45) is 0.723. The lowest BCUT2D eigenvalue weighted by atomic mass is 9.86. The zero-order valence-electron chi connectivity index (χ0n) is 13.8. The number of para-hydroxylation sites is 1. The normalized spacial score (nSPS) is 12.7. The second-order valence-electron chi connectivity index (χ2n) is 6.54. The Labute approximate surface area is 133 Å². The average molecular weight is 296 g/mol. The third kappa shape index (κ3) is 3.76. The van der Waals surface area contributed by atoms with E-state index in [1.165, 1.54) is 0 Å². The molecule has 0 heterocycles. The van der Waals surface area contributed by atoms with Gasteiger partial charge in [0.25, 0.3) is 0 Å². The van der Waals surface area contributed by atoms with Crippen LogP contribution in [-0.4, -0.2) is 5.97 Å². The molecule has 0 aliphatic carbocycles. The number of rotatable bonds is 4. The van der Waals surface area contributed by atoms with E-state index in [4.69, 9.17) is 4.74 Å². The van der Waals surface area contributed by atoms with Gasteiger partial charge in [0.15, 0.2) is 0 Å². The van der Waals surface area contributed by atoms with Gasteiger partial charge in [0, 0.05) is 5.56 Å². The third-order valence-corrected chi connectivity index (χ3v) is 3.80. The molecule has 2 nitrogen and oxygen atoms in total. The number of benzene rings is 2. The molecule has 0 bridgehead atoms. The van der Waals surface area contributed by atoms with Crippen molar-refractivity contribution in [3.05, 3.63) is 65.7 Å². The lowest BCUT2D eigenvalue weighted by Crippen LogP contribution is -2.21. The quantitative estimate of drug-likeness (QED) is 0.580. The van der Waals surface area contributed by atoms with Crippen LogP contribution in [0.3, 0.4) is 0 Å². The molecule has 0 fully saturated rings. The summed E-state index contributed by atoms with van der Waals surface area (Å²) in [6.45, 7) is 8.37. The summed E-state index contributed by atoms with van der Waals surface area (Å²) < 4.78 is 5.74. The van der Waals surface area contributed by atoms with Crippen LogP contribution in [0, 0.1) is 0 Å². The van der Waals surface area contributed by atoms with Crippen LogP contribution in [-0.2, 0) is 10.2 Å². The lowest BCUT2D eigenvalue weighted by molar-refractivity contribution is -0.136. The molecule has 22 heavy (non-hydrogen) atoms. The summed E-state index contributed by atoms with van der Waals surface area (Å²) in [7, 11) is 0. The van der Waals surface area contributed by atoms with E-state index in [1.807, 2.05) is 61.5 Å². The van der Waals surface area contributed by atoms with E-state index in [9.17, 15) is 4.79 Å². The fourth-order valence-corrected chi connectivity index (χ4v) is 2.58. The number of carbonyl (C=O) groups excluding carboxylic acids is 1. The smallest absolute Gasteiger partial charge is 0.318 e. The molecule has 0 aliphatic rings. The maximum Gasteiger partial charge on any atom is 0.318 e. The van der Waals surface area contributed by atoms with Gasteiger partial charge in [-0.25, -0.2) is 0 Å². The van der Waals surface area contributed by atoms with Gasteiger partial charge in [-0.3, -0.25) is 4.79 Å². The van der Waals surface area contributed by atoms with Gasteiger partial charge in [-0.1, -0.05) is 76.2 Å². The summed E-state index contributed by atoms with van der Waals surface area (Å²) in [5, 5.41) is 0. The second-order valence-corrected chi connectivity index (χ2v) is 6.54. The highest BCUT2D eigenvalue weighted by atomic mass is 16.5. The molecule has 0 amide bonds. The highest BCUT2D eigenvalue weighted by molar-refractivity contribution is 5.80. The SMILES string of the molecule is CC[C@H](C(=O)Oc1ccccc1C(C)(C)C)c1ccccc1. The van der Waals surface area contributed by atoms with Crippen LogP contribution < -0.4 is 4.74 Å². The van der Waals surface area contributed by atoms with Crippen LogP contribution >= 0.6 is 0 Å². The maximum atomic E-state index is 12.6. The monoisotopic (exact) mass is 296 g/mol. The average Bonchev–Trinajstić information content (AvgIpc) is 2.48. The Morgan fingerprint density at radius 2 is 1.59 bits per heavy atom. The number of carbonyl (C=O) groups is 1. The van der Waals surface area contributed by atoms with Gasteiger partial charge in [0.1, 0.15) is 5.75 Å². The van der Waals surface area contributed by atoms with E-state index in [2.05, 4.69) is 20.8 Å². The van der Waals surface area contributed by atoms with Crippen LogP contribution in [0.1, 0.15) is 51.2 Å². The topological polar surface area (TPSA) is 26.3 Å². The van der Waals surface area contributed by atoms with Gasteiger partial charge in [-0.15, -0.1) is 0 Å². The first kappa shape index (κ1) is 16.3. The largest absolute Gasteiger partial charge is 0.426 e. The molecule has 2 heteroatoms. The molecule has 2 rings (SSSR count). The summed E-state index contributed by atoms with van der Waals surface area (Å²) >= 11 is 0. The van der Waals surface area contributed by atoms with Gasteiger partial charge >= 0.3 is 5.97 Å². The highest BCUT2D eigenvalue weighted by Crippen LogP contribution is 2.32. The summed E-state index contributed by atoms with van der Waals surface area (Å²) in [5.74, 6) is 0.244. The minimum atomic E-state index is -0.228. The van der Waals surface area contributed by atoms with Gasteiger partial charge in [-0.2, -0.15) is 0 Å². The minimum Gasteiger partial charge on any atom is -0.426 e. The maximum absolute atomic E-state index is 12.6. The Bertz CT molecular complexity index is 624. The zero-order chi connectivity index (χ0) is 16.2. The van der Waals surface area contributed by atoms with Crippen LogP contribution in [0.15, 0.2) is 54.6 Å². The fraction of sp³-hybridized carbons (Fsp3) is 0.350. The number of esters is 1. The Morgan fingerprint density at radius 3 is 2.18 bits per heavy atom. The van der Waals surface area contributed by atoms with Crippen molar-refractivity contribution < 1.29 is 9.53 Å². The standard InChI is InChI=1S/C20H24O2/c1-5-16(15-11-7-6-8-12-15)19(21)22-18-14-10-9-13-17(18)20(2,3)4/h6-14,16H,5H2,1-4H3/t16-/m0/s1. The molecule has 0 radical (unpaired) electrons. The highest BCUT2D eigenvalue weighted by Gasteiger charge is 2.24. The first-order valence-electron chi connectivity index (χ1n) is 7.79. The molecular formula is C20H24O2. The van der Waals surface area contributed by atoms with E-state index in [-0.39, 0.29) is 17.3 Å². The van der Waals surface area contributed by atoms with Crippen molar-refractivity contribution >= 4 is 5.97 Å². The molecule has 0 saturated heterocycles. The van der Waals surface area contributed by atoms with Crippen molar-refractivity contribution in [1.82, 2.24) is 0 Å². The molecule has 0 spiro atoms. The Balaban J connectivity index is 2.25. The van der Waals surface area contributed by atoms with E-state index in [0.717, 1.165) is 17.5 Å². The van der Waals surface area contributed by atoms with Crippen molar-refractivity contribution in [3.8, 4) is 5.75 Å². The van der Waals surface area contributed by atoms with Gasteiger partial charge in [-0.05, 0) is 23.5 Å². The number of hydrogen-bond donors (Lipinski definition) is 0. The molecular weight excluding hydrogens is 272 g/mol. The van der Waals surface area contributed by atoms with Gasteiger partial charge in [0.05, 0.1) is 5.92 Å². The first-order valence-corrected chi connectivity index (χ1v) is 7.79. The van der Waals surface area contributed by atoms with Crippen molar-refractivity contribution in [2.45, 2.75) is 45.4 Å². The summed E-state index contributed by atoms with van der Waals surface area (Å²) in [6, 6.07) is 17.6. The van der Waals surface area contributed by atoms with Gasteiger partial charge < -0.3 is 4.74 Å². The molecule has 2 aromatic rings. The number of ether oxygens (including phenoxy) is 1. The molecule has 0 saturated carbocycles. The first-order chi connectivity index (χ1) is 10.4. The Hall–Kier alpha value is -2.09. The van der Waals surface area contributed by atoms with Crippen molar-refractivity contribution in [2.75, 3.05) is 0 Å². The molecule has 0 aliphatic heterocycles.